The molecule has 0 unspecified atom stereocenters. The molecule has 0 spiro atoms. The fourth-order valence-corrected chi connectivity index (χ4v) is 3.33. The number of carbonyl (C=O) groups is 3. The molecule has 140 valence electrons. The van der Waals surface area contributed by atoms with Gasteiger partial charge in [0, 0.05) is 17.8 Å². The number of fused-ring (bicyclic) bond motifs is 1. The Bertz CT molecular complexity index is 1040. The van der Waals surface area contributed by atoms with Crippen molar-refractivity contribution >= 4 is 23.4 Å². The average Bonchev–Trinajstić information content (AvgIpc) is 3.32. The van der Waals surface area contributed by atoms with E-state index in [-0.39, 0.29) is 23.9 Å². The number of amides is 3. The third-order valence-corrected chi connectivity index (χ3v) is 4.74. The quantitative estimate of drug-likeness (QED) is 0.638. The number of anilines is 1. The van der Waals surface area contributed by atoms with E-state index in [0.717, 1.165) is 10.6 Å². The summed E-state index contributed by atoms with van der Waals surface area (Å²) in [7, 11) is 0. The summed E-state index contributed by atoms with van der Waals surface area (Å²) in [5, 5.41) is 0. The number of para-hydroxylation sites is 1. The highest BCUT2D eigenvalue weighted by Crippen LogP contribution is 2.27. The van der Waals surface area contributed by atoms with E-state index in [1.807, 2.05) is 37.3 Å². The molecule has 1 aromatic heterocycles. The lowest BCUT2D eigenvalue weighted by Gasteiger charge is -2.21. The molecule has 0 bridgehead atoms. The van der Waals surface area contributed by atoms with E-state index in [1.54, 1.807) is 29.2 Å². The van der Waals surface area contributed by atoms with Gasteiger partial charge in [0.15, 0.2) is 0 Å². The number of furan rings is 1. The van der Waals surface area contributed by atoms with Gasteiger partial charge in [0.1, 0.15) is 5.76 Å². The largest absolute Gasteiger partial charge is 0.467 e. The summed E-state index contributed by atoms with van der Waals surface area (Å²) in [5.74, 6) is -0.507. The molecule has 2 aromatic carbocycles. The maximum absolute atomic E-state index is 13.0. The summed E-state index contributed by atoms with van der Waals surface area (Å²) in [6.45, 7) is 2.43. The van der Waals surface area contributed by atoms with Crippen LogP contribution in [0, 0.1) is 0 Å². The molecule has 0 saturated heterocycles. The molecule has 28 heavy (non-hydrogen) atoms. The fraction of sp³-hybridized carbons (Fsp3) is 0.136. The van der Waals surface area contributed by atoms with Crippen LogP contribution in [0.3, 0.4) is 0 Å². The normalized spacial score (nSPS) is 13.0. The second kappa shape index (κ2) is 7.15. The van der Waals surface area contributed by atoms with Crippen LogP contribution < -0.4 is 4.90 Å². The molecular weight excluding hydrogens is 356 g/mol. The van der Waals surface area contributed by atoms with Crippen molar-refractivity contribution in [2.45, 2.75) is 13.5 Å². The van der Waals surface area contributed by atoms with Crippen molar-refractivity contribution in [3.63, 3.8) is 0 Å². The van der Waals surface area contributed by atoms with Crippen molar-refractivity contribution in [2.24, 2.45) is 0 Å². The fourth-order valence-electron chi connectivity index (χ4n) is 3.33. The van der Waals surface area contributed by atoms with Crippen molar-refractivity contribution in [2.75, 3.05) is 11.4 Å². The number of rotatable bonds is 5. The molecule has 3 aromatic rings. The first-order chi connectivity index (χ1) is 13.6. The minimum absolute atomic E-state index is 0.0632. The van der Waals surface area contributed by atoms with E-state index in [1.165, 1.54) is 12.3 Å². The SMILES string of the molecule is CCN(C(=O)c1ccc2c(c1)C(=O)N(Cc1ccco1)C2=O)c1ccccc1. The summed E-state index contributed by atoms with van der Waals surface area (Å²) in [4.78, 5) is 41.1. The van der Waals surface area contributed by atoms with Gasteiger partial charge in [-0.1, -0.05) is 18.2 Å². The van der Waals surface area contributed by atoms with Crippen molar-refractivity contribution in [1.82, 2.24) is 4.90 Å². The highest BCUT2D eigenvalue weighted by atomic mass is 16.3. The van der Waals surface area contributed by atoms with Gasteiger partial charge < -0.3 is 9.32 Å². The maximum Gasteiger partial charge on any atom is 0.261 e. The van der Waals surface area contributed by atoms with Gasteiger partial charge in [0.2, 0.25) is 0 Å². The molecule has 2 heterocycles. The van der Waals surface area contributed by atoms with Gasteiger partial charge in [0.05, 0.1) is 23.9 Å². The topological polar surface area (TPSA) is 70.8 Å². The Kier molecular flexibility index (Phi) is 4.53. The lowest BCUT2D eigenvalue weighted by Crippen LogP contribution is -2.30. The van der Waals surface area contributed by atoms with E-state index >= 15 is 0 Å². The first kappa shape index (κ1) is 17.7. The standard InChI is InChI=1S/C22H18N2O4/c1-2-23(16-7-4-3-5-8-16)20(25)15-10-11-18-19(13-15)22(27)24(21(18)26)14-17-9-6-12-28-17/h3-13H,2,14H2,1H3. The molecule has 6 nitrogen and oxygen atoms in total. The van der Waals surface area contributed by atoms with E-state index in [4.69, 9.17) is 4.42 Å². The Morgan fingerprint density at radius 3 is 2.39 bits per heavy atom. The summed E-state index contributed by atoms with van der Waals surface area (Å²) in [6.07, 6.45) is 1.49. The van der Waals surface area contributed by atoms with Gasteiger partial charge in [-0.05, 0) is 49.4 Å². The van der Waals surface area contributed by atoms with Crippen LogP contribution in [0.4, 0.5) is 5.69 Å². The predicted molar refractivity (Wildman–Crippen MR) is 103 cm³/mol. The van der Waals surface area contributed by atoms with Crippen LogP contribution in [-0.4, -0.2) is 29.2 Å². The predicted octanol–water partition coefficient (Wildman–Crippen LogP) is 3.74. The monoisotopic (exact) mass is 374 g/mol. The van der Waals surface area contributed by atoms with Gasteiger partial charge >= 0.3 is 0 Å². The molecule has 0 aliphatic carbocycles. The Labute approximate surface area is 162 Å². The molecule has 1 aliphatic rings. The molecule has 0 saturated carbocycles. The molecular formula is C22H18N2O4. The molecule has 0 radical (unpaired) electrons. The van der Waals surface area contributed by atoms with Gasteiger partial charge in [-0.3, -0.25) is 19.3 Å². The lowest BCUT2D eigenvalue weighted by molar-refractivity contribution is 0.0631. The summed E-state index contributed by atoms with van der Waals surface area (Å²) >= 11 is 0. The number of imide groups is 1. The molecule has 0 N–H and O–H groups in total. The molecule has 4 rings (SSSR count). The second-order valence-electron chi connectivity index (χ2n) is 6.42. The highest BCUT2D eigenvalue weighted by Gasteiger charge is 2.36. The van der Waals surface area contributed by atoms with Crippen LogP contribution in [0.15, 0.2) is 71.3 Å². The third-order valence-electron chi connectivity index (χ3n) is 4.74. The van der Waals surface area contributed by atoms with Crippen molar-refractivity contribution in [1.29, 1.82) is 0 Å². The number of benzene rings is 2. The van der Waals surface area contributed by atoms with Crippen LogP contribution in [0.25, 0.3) is 0 Å². The van der Waals surface area contributed by atoms with Crippen LogP contribution in [0.1, 0.15) is 43.8 Å². The van der Waals surface area contributed by atoms with Gasteiger partial charge in [-0.2, -0.15) is 0 Å². The first-order valence-electron chi connectivity index (χ1n) is 8.99. The van der Waals surface area contributed by atoms with Crippen molar-refractivity contribution in [3.8, 4) is 0 Å². The van der Waals surface area contributed by atoms with Crippen LogP contribution in [0.5, 0.6) is 0 Å². The first-order valence-corrected chi connectivity index (χ1v) is 8.99. The summed E-state index contributed by atoms with van der Waals surface area (Å²) < 4.78 is 5.24. The molecule has 0 fully saturated rings. The van der Waals surface area contributed by atoms with E-state index in [0.29, 0.717) is 23.4 Å². The van der Waals surface area contributed by atoms with Crippen LogP contribution in [0.2, 0.25) is 0 Å². The minimum atomic E-state index is -0.422. The number of hydrogen-bond acceptors (Lipinski definition) is 4. The van der Waals surface area contributed by atoms with E-state index in [2.05, 4.69) is 0 Å². The Morgan fingerprint density at radius 1 is 0.964 bits per heavy atom. The minimum Gasteiger partial charge on any atom is -0.467 e. The molecule has 3 amide bonds. The molecule has 1 aliphatic heterocycles. The number of carbonyl (C=O) groups excluding carboxylic acids is 3. The zero-order chi connectivity index (χ0) is 19.7. The number of nitrogens with zero attached hydrogens (tertiary/aromatic N) is 2. The Morgan fingerprint density at radius 2 is 1.71 bits per heavy atom. The smallest absolute Gasteiger partial charge is 0.261 e. The average molecular weight is 374 g/mol. The Balaban J connectivity index is 1.63. The van der Waals surface area contributed by atoms with Gasteiger partial charge in [0.25, 0.3) is 17.7 Å². The third kappa shape index (κ3) is 2.99. The Hall–Kier alpha value is -3.67. The zero-order valence-corrected chi connectivity index (χ0v) is 15.3. The maximum atomic E-state index is 13.0. The zero-order valence-electron chi connectivity index (χ0n) is 15.3. The molecule has 6 heteroatoms. The second-order valence-corrected chi connectivity index (χ2v) is 6.42. The summed E-state index contributed by atoms with van der Waals surface area (Å²) in [5.41, 5.74) is 1.69. The van der Waals surface area contributed by atoms with Gasteiger partial charge in [-0.15, -0.1) is 0 Å². The van der Waals surface area contributed by atoms with Gasteiger partial charge in [-0.25, -0.2) is 0 Å². The highest BCUT2D eigenvalue weighted by molar-refractivity contribution is 6.22. The van der Waals surface area contributed by atoms with E-state index < -0.39 is 5.91 Å². The lowest BCUT2D eigenvalue weighted by atomic mass is 10.0. The van der Waals surface area contributed by atoms with E-state index in [9.17, 15) is 14.4 Å². The number of hydrogen-bond donors (Lipinski definition) is 0. The molecule has 0 atom stereocenters. The van der Waals surface area contributed by atoms with Crippen LogP contribution >= 0.6 is 0 Å². The van der Waals surface area contributed by atoms with Crippen LogP contribution in [-0.2, 0) is 6.54 Å². The van der Waals surface area contributed by atoms with Crippen molar-refractivity contribution < 1.29 is 18.8 Å². The van der Waals surface area contributed by atoms with Crippen molar-refractivity contribution in [3.05, 3.63) is 89.4 Å². The summed E-state index contributed by atoms with van der Waals surface area (Å²) in [6, 6.07) is 17.4.